The molecular weight excluding hydrogens is 388 g/mol. The summed E-state index contributed by atoms with van der Waals surface area (Å²) >= 11 is 6.45. The zero-order valence-electron chi connectivity index (χ0n) is 18.0. The molecule has 0 radical (unpaired) electrons. The largest absolute Gasteiger partial charge is 0.496 e. The number of hydrogen-bond acceptors (Lipinski definition) is 5. The van der Waals surface area contributed by atoms with Crippen LogP contribution in [0.3, 0.4) is 0 Å². The molecule has 0 aliphatic carbocycles. The maximum absolute atomic E-state index is 6.45. The van der Waals surface area contributed by atoms with E-state index in [1.165, 1.54) is 11.1 Å². The van der Waals surface area contributed by atoms with Crippen molar-refractivity contribution in [2.75, 3.05) is 48.0 Å². The molecule has 0 saturated heterocycles. The lowest BCUT2D eigenvalue weighted by Gasteiger charge is -2.30. The minimum absolute atomic E-state index is 0.0122. The van der Waals surface area contributed by atoms with Crippen LogP contribution in [0, 0.1) is 6.92 Å². The van der Waals surface area contributed by atoms with E-state index < -0.39 is 0 Å². The van der Waals surface area contributed by atoms with Crippen molar-refractivity contribution in [1.29, 1.82) is 0 Å². The minimum atomic E-state index is -0.0122. The fourth-order valence-corrected chi connectivity index (χ4v) is 3.92. The number of aryl methyl sites for hydroxylation is 1. The van der Waals surface area contributed by atoms with Crippen LogP contribution in [0.1, 0.15) is 34.7 Å². The van der Waals surface area contributed by atoms with E-state index in [9.17, 15) is 0 Å². The first-order chi connectivity index (χ1) is 13.9. The third kappa shape index (κ3) is 4.97. The average molecular weight is 419 g/mol. The van der Waals surface area contributed by atoms with Crippen molar-refractivity contribution < 1.29 is 14.2 Å². The topological polar surface area (TPSA) is 43.0 Å². The van der Waals surface area contributed by atoms with E-state index in [1.54, 1.807) is 14.2 Å². The molecule has 0 amide bonds. The van der Waals surface area contributed by atoms with Gasteiger partial charge in [0.05, 0.1) is 26.9 Å². The number of benzene rings is 2. The summed E-state index contributed by atoms with van der Waals surface area (Å²) in [6, 6.07) is 8.20. The van der Waals surface area contributed by atoms with Crippen LogP contribution in [-0.4, -0.2) is 52.9 Å². The summed E-state index contributed by atoms with van der Waals surface area (Å²) in [6.45, 7) is 4.49. The van der Waals surface area contributed by atoms with E-state index in [4.69, 9.17) is 25.8 Å². The molecule has 0 fully saturated rings. The van der Waals surface area contributed by atoms with Crippen LogP contribution >= 0.6 is 11.6 Å². The van der Waals surface area contributed by atoms with Gasteiger partial charge in [0.15, 0.2) is 11.5 Å². The van der Waals surface area contributed by atoms with E-state index in [1.807, 2.05) is 19.1 Å². The third-order valence-corrected chi connectivity index (χ3v) is 5.72. The second-order valence-corrected chi connectivity index (χ2v) is 8.09. The standard InChI is InChI=1S/C23H31ClN2O3/c1-15-11-20(27-4)18(13-19(15)24)23-17-14-22(29-10-6-9-26(2)3)21(28-5)12-16(17)7-8-25-23/h11-14,23,25H,6-10H2,1-5H3. The molecule has 0 aromatic heterocycles. The van der Waals surface area contributed by atoms with Gasteiger partial charge in [-0.15, -0.1) is 0 Å². The van der Waals surface area contributed by atoms with Crippen LogP contribution in [0.4, 0.5) is 0 Å². The highest BCUT2D eigenvalue weighted by Crippen LogP contribution is 2.41. The molecular formula is C23H31ClN2O3. The molecule has 1 aliphatic rings. The van der Waals surface area contributed by atoms with Gasteiger partial charge < -0.3 is 24.4 Å². The number of rotatable bonds is 8. The van der Waals surface area contributed by atoms with Gasteiger partial charge in [-0.05, 0) is 74.8 Å². The number of ether oxygens (including phenoxy) is 3. The van der Waals surface area contributed by atoms with Gasteiger partial charge in [0.1, 0.15) is 5.75 Å². The van der Waals surface area contributed by atoms with E-state index in [-0.39, 0.29) is 6.04 Å². The van der Waals surface area contributed by atoms with E-state index >= 15 is 0 Å². The summed E-state index contributed by atoms with van der Waals surface area (Å²) in [5.41, 5.74) is 4.47. The molecule has 2 aromatic carbocycles. The zero-order chi connectivity index (χ0) is 21.0. The molecule has 1 heterocycles. The molecule has 0 bridgehead atoms. The first kappa shape index (κ1) is 21.8. The lowest BCUT2D eigenvalue weighted by atomic mass is 9.88. The van der Waals surface area contributed by atoms with Gasteiger partial charge >= 0.3 is 0 Å². The molecule has 1 N–H and O–H groups in total. The van der Waals surface area contributed by atoms with Crippen LogP contribution in [0.25, 0.3) is 0 Å². The van der Waals surface area contributed by atoms with Gasteiger partial charge in [0, 0.05) is 23.7 Å². The fraction of sp³-hybridized carbons (Fsp3) is 0.478. The molecule has 2 aromatic rings. The summed E-state index contributed by atoms with van der Waals surface area (Å²) in [5, 5.41) is 4.36. The Balaban J connectivity index is 1.96. The monoisotopic (exact) mass is 418 g/mol. The van der Waals surface area contributed by atoms with E-state index in [0.29, 0.717) is 6.61 Å². The van der Waals surface area contributed by atoms with Gasteiger partial charge in [-0.2, -0.15) is 0 Å². The van der Waals surface area contributed by atoms with Crippen molar-refractivity contribution in [3.63, 3.8) is 0 Å². The smallest absolute Gasteiger partial charge is 0.161 e. The Labute approximate surface area is 178 Å². The number of fused-ring (bicyclic) bond motifs is 1. The van der Waals surface area contributed by atoms with Crippen molar-refractivity contribution in [2.24, 2.45) is 0 Å². The number of halogens is 1. The maximum Gasteiger partial charge on any atom is 0.161 e. The molecule has 3 rings (SSSR count). The summed E-state index contributed by atoms with van der Waals surface area (Å²) < 4.78 is 17.4. The molecule has 29 heavy (non-hydrogen) atoms. The lowest BCUT2D eigenvalue weighted by molar-refractivity contribution is 0.267. The second-order valence-electron chi connectivity index (χ2n) is 7.69. The van der Waals surface area contributed by atoms with Crippen LogP contribution in [0.15, 0.2) is 24.3 Å². The van der Waals surface area contributed by atoms with Gasteiger partial charge in [-0.3, -0.25) is 0 Å². The Morgan fingerprint density at radius 3 is 2.48 bits per heavy atom. The first-order valence-corrected chi connectivity index (χ1v) is 10.4. The SMILES string of the molecule is COc1cc2c(cc1OCCCN(C)C)C(c1cc(Cl)c(C)cc1OC)NCC2. The highest BCUT2D eigenvalue weighted by Gasteiger charge is 2.27. The van der Waals surface area contributed by atoms with Crippen LogP contribution in [0.2, 0.25) is 5.02 Å². The summed E-state index contributed by atoms with van der Waals surface area (Å²) in [6.07, 6.45) is 1.89. The number of nitrogens with zero attached hydrogens (tertiary/aromatic N) is 1. The van der Waals surface area contributed by atoms with Crippen molar-refractivity contribution in [3.8, 4) is 17.2 Å². The van der Waals surface area contributed by atoms with Crippen molar-refractivity contribution in [2.45, 2.75) is 25.8 Å². The normalized spacial score (nSPS) is 15.9. The van der Waals surface area contributed by atoms with Crippen molar-refractivity contribution in [1.82, 2.24) is 10.2 Å². The Morgan fingerprint density at radius 1 is 1.03 bits per heavy atom. The summed E-state index contributed by atoms with van der Waals surface area (Å²) in [5.74, 6) is 2.39. The highest BCUT2D eigenvalue weighted by atomic mass is 35.5. The predicted molar refractivity (Wildman–Crippen MR) is 118 cm³/mol. The first-order valence-electron chi connectivity index (χ1n) is 10.00. The van der Waals surface area contributed by atoms with Gasteiger partial charge in [0.2, 0.25) is 0 Å². The molecule has 1 aliphatic heterocycles. The molecule has 1 atom stereocenters. The predicted octanol–water partition coefficient (Wildman–Crippen LogP) is 4.23. The summed E-state index contributed by atoms with van der Waals surface area (Å²) in [4.78, 5) is 2.15. The quantitative estimate of drug-likeness (QED) is 0.650. The molecule has 0 spiro atoms. The fourth-order valence-electron chi connectivity index (χ4n) is 3.75. The zero-order valence-corrected chi connectivity index (χ0v) is 18.7. The number of nitrogens with one attached hydrogen (secondary N) is 1. The van der Waals surface area contributed by atoms with Gasteiger partial charge in [-0.1, -0.05) is 11.6 Å². The number of methoxy groups -OCH3 is 2. The Hall–Kier alpha value is -1.95. The lowest BCUT2D eigenvalue weighted by Crippen LogP contribution is -2.31. The van der Waals surface area contributed by atoms with Crippen LogP contribution in [-0.2, 0) is 6.42 Å². The average Bonchev–Trinajstić information content (AvgIpc) is 2.71. The van der Waals surface area contributed by atoms with Gasteiger partial charge in [0.25, 0.3) is 0 Å². The van der Waals surface area contributed by atoms with Crippen molar-refractivity contribution >= 4 is 11.6 Å². The summed E-state index contributed by atoms with van der Waals surface area (Å²) in [7, 11) is 7.52. The maximum atomic E-state index is 6.45. The Bertz CT molecular complexity index is 855. The molecule has 5 nitrogen and oxygen atoms in total. The van der Waals surface area contributed by atoms with Crippen LogP contribution < -0.4 is 19.5 Å². The Kier molecular flexibility index (Phi) is 7.28. The number of hydrogen-bond donors (Lipinski definition) is 1. The molecule has 0 saturated carbocycles. The van der Waals surface area contributed by atoms with E-state index in [0.717, 1.165) is 59.3 Å². The molecule has 158 valence electrons. The van der Waals surface area contributed by atoms with Crippen LogP contribution in [0.5, 0.6) is 17.2 Å². The molecule has 6 heteroatoms. The molecule has 1 unspecified atom stereocenters. The van der Waals surface area contributed by atoms with E-state index in [2.05, 4.69) is 36.4 Å². The minimum Gasteiger partial charge on any atom is -0.496 e. The Morgan fingerprint density at radius 2 is 1.79 bits per heavy atom. The highest BCUT2D eigenvalue weighted by molar-refractivity contribution is 6.31. The van der Waals surface area contributed by atoms with Crippen molar-refractivity contribution in [3.05, 3.63) is 51.5 Å². The van der Waals surface area contributed by atoms with Gasteiger partial charge in [-0.25, -0.2) is 0 Å². The second kappa shape index (κ2) is 9.70. The third-order valence-electron chi connectivity index (χ3n) is 5.31.